The Bertz CT molecular complexity index is 121. The zero-order valence-electron chi connectivity index (χ0n) is 7.38. The van der Waals surface area contributed by atoms with E-state index >= 15 is 0 Å². The van der Waals surface area contributed by atoms with Crippen LogP contribution in [0, 0.1) is 0 Å². The summed E-state index contributed by atoms with van der Waals surface area (Å²) in [6.45, 7) is 3.98. The number of hydrogen-bond donors (Lipinski definition) is 0. The molecule has 0 fully saturated rings. The van der Waals surface area contributed by atoms with Gasteiger partial charge in [-0.3, -0.25) is 9.69 Å². The van der Waals surface area contributed by atoms with Crippen LogP contribution in [0.15, 0.2) is 0 Å². The van der Waals surface area contributed by atoms with Crippen molar-refractivity contribution in [2.75, 3.05) is 21.1 Å². The van der Waals surface area contributed by atoms with Crippen LogP contribution in [0.4, 0.5) is 0 Å². The van der Waals surface area contributed by atoms with Crippen LogP contribution in [0.25, 0.3) is 0 Å². The molecule has 0 heterocycles. The summed E-state index contributed by atoms with van der Waals surface area (Å²) in [5.74, 6) is 0. The molecule has 0 aliphatic carbocycles. The Morgan fingerprint density at radius 3 is 1.70 bits per heavy atom. The lowest BCUT2D eigenvalue weighted by Gasteiger charge is -2.38. The van der Waals surface area contributed by atoms with Crippen molar-refractivity contribution < 1.29 is 4.79 Å². The van der Waals surface area contributed by atoms with Gasteiger partial charge in [0.05, 0.1) is 5.66 Å². The topological polar surface area (TPSA) is 23.6 Å². The Balaban J connectivity index is 4.22. The van der Waals surface area contributed by atoms with Gasteiger partial charge in [0, 0.05) is 7.05 Å². The average Bonchev–Trinajstić information content (AvgIpc) is 1.86. The minimum atomic E-state index is -0.193. The second-order valence-corrected chi connectivity index (χ2v) is 3.11. The molecule has 0 atom stereocenters. The van der Waals surface area contributed by atoms with Crippen molar-refractivity contribution in [2.45, 2.75) is 19.5 Å². The molecule has 60 valence electrons. The van der Waals surface area contributed by atoms with Crippen LogP contribution in [0.2, 0.25) is 0 Å². The van der Waals surface area contributed by atoms with Gasteiger partial charge in [0.1, 0.15) is 0 Å². The van der Waals surface area contributed by atoms with Crippen molar-refractivity contribution in [3.63, 3.8) is 0 Å². The van der Waals surface area contributed by atoms with Crippen LogP contribution < -0.4 is 0 Å². The molecule has 0 aromatic rings. The summed E-state index contributed by atoms with van der Waals surface area (Å²) in [4.78, 5) is 14.0. The third-order valence-electron chi connectivity index (χ3n) is 2.12. The zero-order chi connectivity index (χ0) is 8.36. The Labute approximate surface area is 62.6 Å². The molecule has 0 saturated heterocycles. The van der Waals surface area contributed by atoms with Gasteiger partial charge in [-0.25, -0.2) is 0 Å². The molecule has 10 heavy (non-hydrogen) atoms. The fraction of sp³-hybridized carbons (Fsp3) is 0.857. The number of nitrogens with zero attached hydrogens (tertiary/aromatic N) is 2. The van der Waals surface area contributed by atoms with Gasteiger partial charge in [-0.15, -0.1) is 0 Å². The first-order chi connectivity index (χ1) is 4.42. The lowest BCUT2D eigenvalue weighted by atomic mass is 10.2. The molecule has 3 heteroatoms. The molecule has 0 aliphatic heterocycles. The van der Waals surface area contributed by atoms with E-state index in [1.807, 2.05) is 32.8 Å². The first kappa shape index (κ1) is 9.43. The van der Waals surface area contributed by atoms with E-state index < -0.39 is 0 Å². The standard InChI is InChI=1S/C7H16N2O/c1-7(2,8(3)4)9(5)6-10/h6H,1-5H3. The highest BCUT2D eigenvalue weighted by molar-refractivity contribution is 5.47. The van der Waals surface area contributed by atoms with E-state index in [1.54, 1.807) is 11.9 Å². The van der Waals surface area contributed by atoms with Crippen LogP contribution in [0.3, 0.4) is 0 Å². The summed E-state index contributed by atoms with van der Waals surface area (Å²) in [5.41, 5.74) is -0.193. The van der Waals surface area contributed by atoms with Gasteiger partial charge >= 0.3 is 0 Å². The summed E-state index contributed by atoms with van der Waals surface area (Å²) in [6, 6.07) is 0. The quantitative estimate of drug-likeness (QED) is 0.422. The summed E-state index contributed by atoms with van der Waals surface area (Å²) in [6.07, 6.45) is 0.833. The van der Waals surface area contributed by atoms with Gasteiger partial charge in [-0.1, -0.05) is 0 Å². The van der Waals surface area contributed by atoms with Crippen molar-refractivity contribution in [3.05, 3.63) is 0 Å². The highest BCUT2D eigenvalue weighted by atomic mass is 16.1. The molecule has 0 unspecified atom stereocenters. The summed E-state index contributed by atoms with van der Waals surface area (Å²) >= 11 is 0. The van der Waals surface area contributed by atoms with Crippen molar-refractivity contribution >= 4 is 6.41 Å². The monoisotopic (exact) mass is 144 g/mol. The lowest BCUT2D eigenvalue weighted by Crippen LogP contribution is -2.51. The fourth-order valence-electron chi connectivity index (χ4n) is 0.444. The van der Waals surface area contributed by atoms with Crippen molar-refractivity contribution in [1.82, 2.24) is 9.80 Å². The van der Waals surface area contributed by atoms with Gasteiger partial charge < -0.3 is 4.90 Å². The molecular formula is C7H16N2O. The number of rotatable bonds is 3. The van der Waals surface area contributed by atoms with E-state index in [4.69, 9.17) is 0 Å². The fourth-order valence-corrected chi connectivity index (χ4v) is 0.444. The molecule has 0 rings (SSSR count). The van der Waals surface area contributed by atoms with E-state index in [1.165, 1.54) is 0 Å². The maximum absolute atomic E-state index is 10.4. The van der Waals surface area contributed by atoms with Gasteiger partial charge in [0.2, 0.25) is 6.41 Å². The first-order valence-electron chi connectivity index (χ1n) is 3.28. The normalized spacial score (nSPS) is 11.8. The van der Waals surface area contributed by atoms with Crippen molar-refractivity contribution in [1.29, 1.82) is 0 Å². The molecular weight excluding hydrogens is 128 g/mol. The van der Waals surface area contributed by atoms with Crippen LogP contribution in [-0.2, 0) is 4.79 Å². The molecule has 0 bridgehead atoms. The van der Waals surface area contributed by atoms with Gasteiger partial charge in [0.25, 0.3) is 0 Å². The third kappa shape index (κ3) is 1.70. The summed E-state index contributed by atoms with van der Waals surface area (Å²) in [5, 5.41) is 0. The van der Waals surface area contributed by atoms with Crippen LogP contribution >= 0.6 is 0 Å². The third-order valence-corrected chi connectivity index (χ3v) is 2.12. The SMILES string of the molecule is CN(C)C(C)(C)N(C)C=O. The molecule has 3 nitrogen and oxygen atoms in total. The molecule has 0 saturated carbocycles. The number of amides is 1. The largest absolute Gasteiger partial charge is 0.330 e. The highest BCUT2D eigenvalue weighted by Gasteiger charge is 2.23. The molecule has 0 aliphatic rings. The van der Waals surface area contributed by atoms with E-state index in [0.29, 0.717) is 0 Å². The molecule has 0 aromatic carbocycles. The summed E-state index contributed by atoms with van der Waals surface area (Å²) in [7, 11) is 5.66. The highest BCUT2D eigenvalue weighted by Crippen LogP contribution is 2.11. The van der Waals surface area contributed by atoms with Crippen molar-refractivity contribution in [2.24, 2.45) is 0 Å². The predicted octanol–water partition coefficient (Wildman–Crippen LogP) is 0.372. The minimum Gasteiger partial charge on any atom is -0.330 e. The smallest absolute Gasteiger partial charge is 0.210 e. The molecule has 0 radical (unpaired) electrons. The first-order valence-corrected chi connectivity index (χ1v) is 3.28. The summed E-state index contributed by atoms with van der Waals surface area (Å²) < 4.78 is 0. The van der Waals surface area contributed by atoms with Crippen LogP contribution in [-0.4, -0.2) is 43.0 Å². The molecule has 0 aromatic heterocycles. The Morgan fingerprint density at radius 2 is 1.60 bits per heavy atom. The number of carbonyl (C=O) groups excluding carboxylic acids is 1. The van der Waals surface area contributed by atoms with Crippen molar-refractivity contribution in [3.8, 4) is 0 Å². The second-order valence-electron chi connectivity index (χ2n) is 3.11. The van der Waals surface area contributed by atoms with E-state index in [-0.39, 0.29) is 5.66 Å². The van der Waals surface area contributed by atoms with Crippen LogP contribution in [0.1, 0.15) is 13.8 Å². The minimum absolute atomic E-state index is 0.193. The number of hydrogen-bond acceptors (Lipinski definition) is 2. The van der Waals surface area contributed by atoms with Gasteiger partial charge in [-0.05, 0) is 27.9 Å². The Morgan fingerprint density at radius 1 is 1.20 bits per heavy atom. The Hall–Kier alpha value is -0.570. The molecule has 0 spiro atoms. The lowest BCUT2D eigenvalue weighted by molar-refractivity contribution is -0.126. The van der Waals surface area contributed by atoms with Gasteiger partial charge in [0.15, 0.2) is 0 Å². The maximum Gasteiger partial charge on any atom is 0.210 e. The van der Waals surface area contributed by atoms with E-state index in [0.717, 1.165) is 6.41 Å². The predicted molar refractivity (Wildman–Crippen MR) is 41.6 cm³/mol. The van der Waals surface area contributed by atoms with E-state index in [9.17, 15) is 4.79 Å². The number of carbonyl (C=O) groups is 1. The maximum atomic E-state index is 10.4. The van der Waals surface area contributed by atoms with Gasteiger partial charge in [-0.2, -0.15) is 0 Å². The molecule has 0 N–H and O–H groups in total. The van der Waals surface area contributed by atoms with Crippen LogP contribution in [0.5, 0.6) is 0 Å². The average molecular weight is 144 g/mol. The molecule has 1 amide bonds. The second kappa shape index (κ2) is 3.01. The van der Waals surface area contributed by atoms with E-state index in [2.05, 4.69) is 0 Å². The zero-order valence-corrected chi connectivity index (χ0v) is 7.38. The Kier molecular flexibility index (Phi) is 2.84.